The standard InChI is InChI=1S/C17H25N3O4S.ClH/c1-13(21)14-3-5-16(6-4-14)25(23,24)20-11-7-15(8-12-20)17(22)19-10-9-18-2;/h3-6,15,18H,7-12H2,1-2H3,(H,19,22);1H. The van der Waals surface area contributed by atoms with E-state index in [1.165, 1.54) is 35.5 Å². The fourth-order valence-corrected chi connectivity index (χ4v) is 4.29. The second-order valence-electron chi connectivity index (χ2n) is 6.15. The van der Waals surface area contributed by atoms with Crippen molar-refractivity contribution in [1.82, 2.24) is 14.9 Å². The van der Waals surface area contributed by atoms with Gasteiger partial charge in [0.1, 0.15) is 0 Å². The number of amides is 1. The number of hydrogen-bond acceptors (Lipinski definition) is 5. The summed E-state index contributed by atoms with van der Waals surface area (Å²) in [5.74, 6) is -0.268. The molecule has 1 heterocycles. The summed E-state index contributed by atoms with van der Waals surface area (Å²) >= 11 is 0. The van der Waals surface area contributed by atoms with E-state index in [0.717, 1.165) is 0 Å². The topological polar surface area (TPSA) is 95.6 Å². The third-order valence-corrected chi connectivity index (χ3v) is 6.31. The molecule has 1 aliphatic rings. The molecule has 0 spiro atoms. The molecule has 1 aromatic rings. The maximum Gasteiger partial charge on any atom is 0.243 e. The minimum Gasteiger partial charge on any atom is -0.355 e. The second kappa shape index (κ2) is 10.0. The van der Waals surface area contributed by atoms with Gasteiger partial charge in [0.2, 0.25) is 15.9 Å². The Hall–Kier alpha value is -1.48. The van der Waals surface area contributed by atoms with E-state index in [0.29, 0.717) is 44.6 Å². The molecule has 0 atom stereocenters. The summed E-state index contributed by atoms with van der Waals surface area (Å²) < 4.78 is 26.8. The average Bonchev–Trinajstić information content (AvgIpc) is 2.62. The van der Waals surface area contributed by atoms with Gasteiger partial charge in [-0.15, -0.1) is 12.4 Å². The number of carbonyl (C=O) groups excluding carboxylic acids is 2. The number of nitrogens with zero attached hydrogens (tertiary/aromatic N) is 1. The van der Waals surface area contributed by atoms with Crippen molar-refractivity contribution in [3.05, 3.63) is 29.8 Å². The number of ketones is 1. The van der Waals surface area contributed by atoms with Crippen LogP contribution in [0.25, 0.3) is 0 Å². The summed E-state index contributed by atoms with van der Waals surface area (Å²) in [6.07, 6.45) is 1.02. The Morgan fingerprint density at radius 1 is 1.12 bits per heavy atom. The Bertz CT molecular complexity index is 714. The zero-order valence-electron chi connectivity index (χ0n) is 15.0. The molecule has 26 heavy (non-hydrogen) atoms. The zero-order valence-corrected chi connectivity index (χ0v) is 16.7. The number of rotatable bonds is 7. The molecule has 1 saturated heterocycles. The van der Waals surface area contributed by atoms with Crippen molar-refractivity contribution in [3.63, 3.8) is 0 Å². The van der Waals surface area contributed by atoms with E-state index < -0.39 is 10.0 Å². The van der Waals surface area contributed by atoms with Crippen LogP contribution in [-0.2, 0) is 14.8 Å². The Morgan fingerprint density at radius 2 is 1.69 bits per heavy atom. The highest BCUT2D eigenvalue weighted by Crippen LogP contribution is 2.24. The third kappa shape index (κ3) is 5.51. The fraction of sp³-hybridized carbons (Fsp3) is 0.529. The number of carbonyl (C=O) groups is 2. The largest absolute Gasteiger partial charge is 0.355 e. The molecule has 0 bridgehead atoms. The van der Waals surface area contributed by atoms with Crippen LogP contribution >= 0.6 is 12.4 Å². The highest BCUT2D eigenvalue weighted by atomic mass is 35.5. The van der Waals surface area contributed by atoms with Crippen LogP contribution in [0.5, 0.6) is 0 Å². The number of Topliss-reactive ketones (excluding diaryl/α,β-unsaturated/α-hetero) is 1. The molecule has 0 aliphatic carbocycles. The van der Waals surface area contributed by atoms with E-state index in [1.54, 1.807) is 0 Å². The lowest BCUT2D eigenvalue weighted by Gasteiger charge is -2.30. The van der Waals surface area contributed by atoms with E-state index in [9.17, 15) is 18.0 Å². The summed E-state index contributed by atoms with van der Waals surface area (Å²) in [5, 5.41) is 5.81. The Kier molecular flexibility index (Phi) is 8.69. The normalized spacial score (nSPS) is 15.9. The molecule has 2 N–H and O–H groups in total. The van der Waals surface area contributed by atoms with Crippen LogP contribution in [0.4, 0.5) is 0 Å². The Balaban J connectivity index is 0.00000338. The van der Waals surface area contributed by atoms with Gasteiger partial charge in [0, 0.05) is 37.7 Å². The fourth-order valence-electron chi connectivity index (χ4n) is 2.82. The lowest BCUT2D eigenvalue weighted by Crippen LogP contribution is -2.43. The molecular weight excluding hydrogens is 378 g/mol. The lowest BCUT2D eigenvalue weighted by atomic mass is 9.97. The number of benzene rings is 1. The number of nitrogens with one attached hydrogen (secondary N) is 2. The molecular formula is C17H26ClN3O4S. The molecule has 0 saturated carbocycles. The van der Waals surface area contributed by atoms with Gasteiger partial charge >= 0.3 is 0 Å². The van der Waals surface area contributed by atoms with Crippen LogP contribution in [0.2, 0.25) is 0 Å². The predicted octanol–water partition coefficient (Wildman–Crippen LogP) is 1.05. The van der Waals surface area contributed by atoms with E-state index in [2.05, 4.69) is 10.6 Å². The van der Waals surface area contributed by atoms with Crippen LogP contribution in [0, 0.1) is 5.92 Å². The van der Waals surface area contributed by atoms with Crippen LogP contribution in [0.1, 0.15) is 30.1 Å². The average molecular weight is 404 g/mol. The van der Waals surface area contributed by atoms with Gasteiger partial charge in [0.05, 0.1) is 4.90 Å². The monoisotopic (exact) mass is 403 g/mol. The van der Waals surface area contributed by atoms with Crippen molar-refractivity contribution in [2.24, 2.45) is 5.92 Å². The second-order valence-corrected chi connectivity index (χ2v) is 8.09. The summed E-state index contributed by atoms with van der Waals surface area (Å²) in [4.78, 5) is 23.5. The number of halogens is 1. The summed E-state index contributed by atoms with van der Waals surface area (Å²) in [5.41, 5.74) is 0.482. The van der Waals surface area contributed by atoms with Crippen LogP contribution in [0.15, 0.2) is 29.2 Å². The quantitative estimate of drug-likeness (QED) is 0.524. The van der Waals surface area contributed by atoms with E-state index in [4.69, 9.17) is 0 Å². The maximum absolute atomic E-state index is 12.7. The van der Waals surface area contributed by atoms with E-state index in [1.807, 2.05) is 7.05 Å². The molecule has 146 valence electrons. The summed E-state index contributed by atoms with van der Waals surface area (Å²) in [6.45, 7) is 3.35. The zero-order chi connectivity index (χ0) is 18.4. The van der Waals surface area contributed by atoms with E-state index >= 15 is 0 Å². The number of likely N-dealkylation sites (N-methyl/N-ethyl adjacent to an activating group) is 1. The number of piperidine rings is 1. The molecule has 9 heteroatoms. The van der Waals surface area contributed by atoms with Gasteiger partial charge < -0.3 is 10.6 Å². The smallest absolute Gasteiger partial charge is 0.243 e. The first-order valence-electron chi connectivity index (χ1n) is 8.39. The van der Waals surface area contributed by atoms with Crippen LogP contribution in [0.3, 0.4) is 0 Å². The highest BCUT2D eigenvalue weighted by molar-refractivity contribution is 7.89. The SMILES string of the molecule is CNCCNC(=O)C1CCN(S(=O)(=O)c2ccc(C(C)=O)cc2)CC1.Cl. The predicted molar refractivity (Wildman–Crippen MR) is 102 cm³/mol. The molecule has 2 rings (SSSR count). The van der Waals surface area contributed by atoms with Gasteiger partial charge in [-0.25, -0.2) is 8.42 Å². The van der Waals surface area contributed by atoms with Crippen LogP contribution in [-0.4, -0.2) is 57.6 Å². The molecule has 0 unspecified atom stereocenters. The maximum atomic E-state index is 12.7. The van der Waals surface area contributed by atoms with Crippen molar-refractivity contribution in [3.8, 4) is 0 Å². The van der Waals surface area contributed by atoms with Crippen molar-refractivity contribution < 1.29 is 18.0 Å². The van der Waals surface area contributed by atoms with Crippen molar-refractivity contribution in [2.75, 3.05) is 33.2 Å². The number of sulfonamides is 1. The van der Waals surface area contributed by atoms with Gasteiger partial charge in [-0.3, -0.25) is 9.59 Å². The van der Waals surface area contributed by atoms with Crippen molar-refractivity contribution >= 4 is 34.1 Å². The van der Waals surface area contributed by atoms with Gasteiger partial charge in [0.15, 0.2) is 5.78 Å². The first kappa shape index (κ1) is 22.6. The Labute approximate surface area is 161 Å². The first-order chi connectivity index (χ1) is 11.9. The van der Waals surface area contributed by atoms with Gasteiger partial charge in [-0.2, -0.15) is 4.31 Å². The minimum atomic E-state index is -3.59. The van der Waals surface area contributed by atoms with E-state index in [-0.39, 0.29) is 34.9 Å². The molecule has 1 aliphatic heterocycles. The van der Waals surface area contributed by atoms with Gasteiger partial charge in [0.25, 0.3) is 0 Å². The van der Waals surface area contributed by atoms with Crippen LogP contribution < -0.4 is 10.6 Å². The first-order valence-corrected chi connectivity index (χ1v) is 9.83. The highest BCUT2D eigenvalue weighted by Gasteiger charge is 2.31. The Morgan fingerprint density at radius 3 is 2.19 bits per heavy atom. The lowest BCUT2D eigenvalue weighted by molar-refractivity contribution is -0.126. The molecule has 0 radical (unpaired) electrons. The molecule has 1 fully saturated rings. The summed E-state index contributed by atoms with van der Waals surface area (Å²) in [6, 6.07) is 5.97. The summed E-state index contributed by atoms with van der Waals surface area (Å²) in [7, 11) is -1.78. The van der Waals surface area contributed by atoms with Crippen molar-refractivity contribution in [2.45, 2.75) is 24.7 Å². The number of hydrogen-bond donors (Lipinski definition) is 2. The molecule has 1 amide bonds. The van der Waals surface area contributed by atoms with Crippen molar-refractivity contribution in [1.29, 1.82) is 0 Å². The minimum absolute atomic E-state index is 0. The molecule has 0 aromatic heterocycles. The van der Waals surface area contributed by atoms with Gasteiger partial charge in [-0.1, -0.05) is 12.1 Å². The van der Waals surface area contributed by atoms with Gasteiger partial charge in [-0.05, 0) is 38.9 Å². The molecule has 7 nitrogen and oxygen atoms in total. The third-order valence-electron chi connectivity index (χ3n) is 4.40. The molecule has 1 aromatic carbocycles.